The molecule has 1 aliphatic rings. The van der Waals surface area contributed by atoms with Crippen LogP contribution in [-0.4, -0.2) is 24.0 Å². The van der Waals surface area contributed by atoms with Gasteiger partial charge in [-0.05, 0) is 12.5 Å². The molecule has 96 valence electrons. The molecule has 0 saturated carbocycles. The molecule has 0 aliphatic carbocycles. The van der Waals surface area contributed by atoms with E-state index in [2.05, 4.69) is 12.2 Å². The first-order valence-electron chi connectivity index (χ1n) is 6.31. The fourth-order valence-corrected chi connectivity index (χ4v) is 3.09. The third-order valence-electron chi connectivity index (χ3n) is 2.95. The van der Waals surface area contributed by atoms with Gasteiger partial charge in [0.2, 0.25) is 0 Å². The van der Waals surface area contributed by atoms with E-state index >= 15 is 0 Å². The first-order chi connectivity index (χ1) is 8.74. The summed E-state index contributed by atoms with van der Waals surface area (Å²) in [7, 11) is 0. The molecule has 1 N–H and O–H groups in total. The van der Waals surface area contributed by atoms with E-state index in [-0.39, 0.29) is 11.7 Å². The first kappa shape index (κ1) is 13.1. The number of unbranched alkanes of at least 4 members (excludes halogenated alkanes) is 1. The minimum absolute atomic E-state index is 0.0671. The number of rotatable bonds is 4. The zero-order valence-corrected chi connectivity index (χ0v) is 11.3. The lowest BCUT2D eigenvalue weighted by Gasteiger charge is -2.17. The van der Waals surface area contributed by atoms with Crippen molar-refractivity contribution in [2.75, 3.05) is 12.3 Å². The number of fused-ring (bicyclic) bond motifs is 1. The number of nitrogens with one attached hydrogen (secondary N) is 1. The summed E-state index contributed by atoms with van der Waals surface area (Å²) in [6.45, 7) is 2.78. The highest BCUT2D eigenvalue weighted by Gasteiger charge is 2.22. The molecule has 0 atom stereocenters. The normalized spacial score (nSPS) is 14.2. The van der Waals surface area contributed by atoms with Crippen LogP contribution >= 0.6 is 11.8 Å². The summed E-state index contributed by atoms with van der Waals surface area (Å²) < 4.78 is 0. The molecule has 0 saturated heterocycles. The van der Waals surface area contributed by atoms with Crippen molar-refractivity contribution in [1.82, 2.24) is 5.32 Å². The Balaban J connectivity index is 2.20. The van der Waals surface area contributed by atoms with E-state index in [1.807, 2.05) is 6.07 Å². The summed E-state index contributed by atoms with van der Waals surface area (Å²) in [5.74, 6) is 0.847. The van der Waals surface area contributed by atoms with Crippen molar-refractivity contribution in [3.05, 3.63) is 29.3 Å². The number of carbonyl (C=O) groups is 2. The number of hydrogen-bond acceptors (Lipinski definition) is 3. The topological polar surface area (TPSA) is 46.2 Å². The molecule has 1 heterocycles. The number of amides is 1. The predicted molar refractivity (Wildman–Crippen MR) is 73.4 cm³/mol. The van der Waals surface area contributed by atoms with Gasteiger partial charge >= 0.3 is 0 Å². The maximum Gasteiger partial charge on any atom is 0.252 e. The van der Waals surface area contributed by atoms with E-state index in [1.54, 1.807) is 23.9 Å². The molecule has 2 rings (SSSR count). The largest absolute Gasteiger partial charge is 0.352 e. The Bertz CT molecular complexity index is 471. The molecule has 0 bridgehead atoms. The number of ketones is 1. The van der Waals surface area contributed by atoms with Gasteiger partial charge in [0.1, 0.15) is 0 Å². The summed E-state index contributed by atoms with van der Waals surface area (Å²) >= 11 is 1.60. The van der Waals surface area contributed by atoms with Crippen LogP contribution in [0.25, 0.3) is 0 Å². The van der Waals surface area contributed by atoms with Gasteiger partial charge in [-0.25, -0.2) is 0 Å². The summed E-state index contributed by atoms with van der Waals surface area (Å²) in [6.07, 6.45) is 2.60. The van der Waals surface area contributed by atoms with Gasteiger partial charge in [0.25, 0.3) is 5.91 Å². The van der Waals surface area contributed by atoms with Crippen molar-refractivity contribution < 1.29 is 9.59 Å². The van der Waals surface area contributed by atoms with Crippen LogP contribution in [0.3, 0.4) is 0 Å². The van der Waals surface area contributed by atoms with E-state index in [0.717, 1.165) is 23.5 Å². The molecule has 3 nitrogen and oxygen atoms in total. The standard InChI is InChI=1S/C14H17NO2S/c1-2-3-8-15-14(17)11-6-4-5-10-12(16)7-9-18-13(10)11/h4-6H,2-3,7-9H2,1H3,(H,15,17). The van der Waals surface area contributed by atoms with Crippen molar-refractivity contribution in [2.45, 2.75) is 31.1 Å². The van der Waals surface area contributed by atoms with Crippen molar-refractivity contribution in [1.29, 1.82) is 0 Å². The Morgan fingerprint density at radius 3 is 3.06 bits per heavy atom. The van der Waals surface area contributed by atoms with Crippen LogP contribution in [0.2, 0.25) is 0 Å². The van der Waals surface area contributed by atoms with Gasteiger partial charge in [-0.2, -0.15) is 0 Å². The highest BCUT2D eigenvalue weighted by Crippen LogP contribution is 2.32. The minimum atomic E-state index is -0.0671. The fourth-order valence-electron chi connectivity index (χ4n) is 1.95. The Morgan fingerprint density at radius 1 is 1.44 bits per heavy atom. The van der Waals surface area contributed by atoms with Crippen LogP contribution in [0.15, 0.2) is 23.1 Å². The van der Waals surface area contributed by atoms with Gasteiger partial charge in [-0.3, -0.25) is 9.59 Å². The summed E-state index contributed by atoms with van der Waals surface area (Å²) in [6, 6.07) is 5.40. The molecule has 1 aromatic carbocycles. The third kappa shape index (κ3) is 2.75. The Labute approximate surface area is 111 Å². The maximum atomic E-state index is 12.1. The number of Topliss-reactive ketones (excluding diaryl/α,β-unsaturated/α-hetero) is 1. The fraction of sp³-hybridized carbons (Fsp3) is 0.429. The molecule has 1 aromatic rings. The third-order valence-corrected chi connectivity index (χ3v) is 4.09. The Hall–Kier alpha value is -1.29. The number of thioether (sulfide) groups is 1. The summed E-state index contributed by atoms with van der Waals surface area (Å²) in [5.41, 5.74) is 1.34. The molecule has 0 aromatic heterocycles. The first-order valence-corrected chi connectivity index (χ1v) is 7.29. The van der Waals surface area contributed by atoms with E-state index in [4.69, 9.17) is 0 Å². The van der Waals surface area contributed by atoms with Crippen LogP contribution in [0.4, 0.5) is 0 Å². The highest BCUT2D eigenvalue weighted by atomic mass is 32.2. The molecular weight excluding hydrogens is 246 g/mol. The van der Waals surface area contributed by atoms with E-state index in [9.17, 15) is 9.59 Å². The molecule has 0 radical (unpaired) electrons. The molecule has 18 heavy (non-hydrogen) atoms. The number of benzene rings is 1. The lowest BCUT2D eigenvalue weighted by molar-refractivity contribution is 0.0950. The molecule has 0 fully saturated rings. The molecule has 0 spiro atoms. The zero-order chi connectivity index (χ0) is 13.0. The SMILES string of the molecule is CCCCNC(=O)c1cccc2c1SCCC2=O. The van der Waals surface area contributed by atoms with Crippen molar-refractivity contribution >= 4 is 23.5 Å². The summed E-state index contributed by atoms with van der Waals surface area (Å²) in [5, 5.41) is 2.90. The van der Waals surface area contributed by atoms with Crippen molar-refractivity contribution in [3.63, 3.8) is 0 Å². The lowest BCUT2D eigenvalue weighted by atomic mass is 10.0. The quantitative estimate of drug-likeness (QED) is 0.850. The van der Waals surface area contributed by atoms with E-state index in [0.29, 0.717) is 24.1 Å². The zero-order valence-electron chi connectivity index (χ0n) is 10.5. The molecule has 0 unspecified atom stereocenters. The Kier molecular flexibility index (Phi) is 4.42. The van der Waals surface area contributed by atoms with E-state index < -0.39 is 0 Å². The van der Waals surface area contributed by atoms with Gasteiger partial charge in [0.15, 0.2) is 5.78 Å². The average molecular weight is 263 g/mol. The maximum absolute atomic E-state index is 12.1. The second kappa shape index (κ2) is 6.05. The predicted octanol–water partition coefficient (Wildman–Crippen LogP) is 2.90. The van der Waals surface area contributed by atoms with Gasteiger partial charge in [-0.1, -0.05) is 25.5 Å². The number of carbonyl (C=O) groups excluding carboxylic acids is 2. The Morgan fingerprint density at radius 2 is 2.28 bits per heavy atom. The van der Waals surface area contributed by atoms with Gasteiger partial charge in [0.05, 0.1) is 5.56 Å². The second-order valence-electron chi connectivity index (χ2n) is 4.31. The van der Waals surface area contributed by atoms with Crippen LogP contribution in [0.1, 0.15) is 46.9 Å². The average Bonchev–Trinajstić information content (AvgIpc) is 2.39. The summed E-state index contributed by atoms with van der Waals surface area (Å²) in [4.78, 5) is 24.7. The number of hydrogen-bond donors (Lipinski definition) is 1. The van der Waals surface area contributed by atoms with Crippen LogP contribution in [-0.2, 0) is 0 Å². The van der Waals surface area contributed by atoms with Crippen LogP contribution < -0.4 is 5.32 Å². The smallest absolute Gasteiger partial charge is 0.252 e. The minimum Gasteiger partial charge on any atom is -0.352 e. The molecular formula is C14H17NO2S. The van der Waals surface area contributed by atoms with Crippen LogP contribution in [0, 0.1) is 0 Å². The van der Waals surface area contributed by atoms with Gasteiger partial charge in [-0.15, -0.1) is 11.8 Å². The molecule has 4 heteroatoms. The second-order valence-corrected chi connectivity index (χ2v) is 5.42. The molecule has 1 amide bonds. The monoisotopic (exact) mass is 263 g/mol. The van der Waals surface area contributed by atoms with E-state index in [1.165, 1.54) is 0 Å². The van der Waals surface area contributed by atoms with Crippen molar-refractivity contribution in [2.24, 2.45) is 0 Å². The highest BCUT2D eigenvalue weighted by molar-refractivity contribution is 7.99. The lowest BCUT2D eigenvalue weighted by Crippen LogP contribution is -2.26. The van der Waals surface area contributed by atoms with Crippen molar-refractivity contribution in [3.8, 4) is 0 Å². The van der Waals surface area contributed by atoms with Gasteiger partial charge in [0, 0.05) is 29.2 Å². The molecule has 1 aliphatic heterocycles. The van der Waals surface area contributed by atoms with Crippen LogP contribution in [0.5, 0.6) is 0 Å². The van der Waals surface area contributed by atoms with Gasteiger partial charge < -0.3 is 5.32 Å².